The van der Waals surface area contributed by atoms with Crippen LogP contribution in [-0.2, 0) is 0 Å². The van der Waals surface area contributed by atoms with E-state index in [1.807, 2.05) is 0 Å². The van der Waals surface area contributed by atoms with E-state index < -0.39 is 0 Å². The molecule has 1 heterocycles. The molecule has 0 aromatic heterocycles. The molecule has 14 heavy (non-hydrogen) atoms. The zero-order valence-corrected chi connectivity index (χ0v) is 9.87. The zero-order valence-electron chi connectivity index (χ0n) is 9.87. The monoisotopic (exact) mass is 199 g/mol. The summed E-state index contributed by atoms with van der Waals surface area (Å²) in [6.07, 6.45) is 3.81. The lowest BCUT2D eigenvalue weighted by Crippen LogP contribution is -2.31. The molecule has 1 fully saturated rings. The topological polar surface area (TPSA) is 23.5 Å². The molecule has 2 heteroatoms. The molecule has 1 N–H and O–H groups in total. The highest BCUT2D eigenvalue weighted by Crippen LogP contribution is 2.21. The predicted octanol–water partition coefficient (Wildman–Crippen LogP) is 2.13. The number of nitrogens with zero attached hydrogens (tertiary/aromatic N) is 1. The van der Waals surface area contributed by atoms with Gasteiger partial charge in [0.05, 0.1) is 0 Å². The molecule has 1 aliphatic rings. The minimum Gasteiger partial charge on any atom is -0.396 e. The second kappa shape index (κ2) is 5.72. The van der Waals surface area contributed by atoms with Gasteiger partial charge in [0.25, 0.3) is 0 Å². The number of aliphatic hydroxyl groups is 1. The van der Waals surface area contributed by atoms with Gasteiger partial charge in [0.1, 0.15) is 0 Å². The van der Waals surface area contributed by atoms with Crippen LogP contribution in [-0.4, -0.2) is 35.7 Å². The smallest absolute Gasteiger partial charge is 0.0471 e. The van der Waals surface area contributed by atoms with Crippen LogP contribution in [0, 0.1) is 11.8 Å². The summed E-state index contributed by atoms with van der Waals surface area (Å²) in [5.74, 6) is 1.35. The minimum absolute atomic E-state index is 0.368. The van der Waals surface area contributed by atoms with E-state index in [0.29, 0.717) is 18.6 Å². The number of hydrogen-bond donors (Lipinski definition) is 1. The van der Waals surface area contributed by atoms with Crippen molar-refractivity contribution in [3.8, 4) is 0 Å². The summed E-state index contributed by atoms with van der Waals surface area (Å²) in [4.78, 5) is 2.53. The SMILES string of the molecule is CC(C)CCC(C)N1CCC(CO)C1. The minimum atomic E-state index is 0.368. The number of hydrogen-bond acceptors (Lipinski definition) is 2. The zero-order chi connectivity index (χ0) is 10.6. The first-order valence-corrected chi connectivity index (χ1v) is 5.98. The maximum Gasteiger partial charge on any atom is 0.0471 e. The van der Waals surface area contributed by atoms with Gasteiger partial charge >= 0.3 is 0 Å². The molecule has 1 aliphatic heterocycles. The van der Waals surface area contributed by atoms with E-state index in [2.05, 4.69) is 25.7 Å². The Morgan fingerprint density at radius 2 is 2.00 bits per heavy atom. The highest BCUT2D eigenvalue weighted by Gasteiger charge is 2.24. The van der Waals surface area contributed by atoms with Crippen LogP contribution in [0.3, 0.4) is 0 Å². The molecule has 0 spiro atoms. The van der Waals surface area contributed by atoms with Crippen molar-refractivity contribution in [2.75, 3.05) is 19.7 Å². The summed E-state index contributed by atoms with van der Waals surface area (Å²) < 4.78 is 0. The maximum absolute atomic E-state index is 9.06. The Morgan fingerprint density at radius 3 is 2.50 bits per heavy atom. The number of aliphatic hydroxyl groups excluding tert-OH is 1. The molecule has 84 valence electrons. The van der Waals surface area contributed by atoms with Gasteiger partial charge in [0, 0.05) is 19.2 Å². The molecule has 0 aromatic carbocycles. The van der Waals surface area contributed by atoms with Gasteiger partial charge < -0.3 is 10.0 Å². The molecule has 2 atom stereocenters. The second-order valence-corrected chi connectivity index (χ2v) is 5.15. The maximum atomic E-state index is 9.06. The molecular formula is C12H25NO. The van der Waals surface area contributed by atoms with Crippen LogP contribution in [0.25, 0.3) is 0 Å². The Bertz CT molecular complexity index is 158. The van der Waals surface area contributed by atoms with Gasteiger partial charge in [0.15, 0.2) is 0 Å². The number of rotatable bonds is 5. The Kier molecular flexibility index (Phi) is 4.90. The molecule has 0 amide bonds. The van der Waals surface area contributed by atoms with Gasteiger partial charge in [-0.05, 0) is 44.6 Å². The molecule has 0 saturated carbocycles. The van der Waals surface area contributed by atoms with Crippen LogP contribution < -0.4 is 0 Å². The van der Waals surface area contributed by atoms with Crippen LogP contribution in [0.2, 0.25) is 0 Å². The van der Waals surface area contributed by atoms with Crippen molar-refractivity contribution in [3.05, 3.63) is 0 Å². The van der Waals surface area contributed by atoms with Crippen LogP contribution >= 0.6 is 0 Å². The van der Waals surface area contributed by atoms with Gasteiger partial charge in [-0.15, -0.1) is 0 Å². The lowest BCUT2D eigenvalue weighted by Gasteiger charge is -2.24. The third-order valence-electron chi connectivity index (χ3n) is 3.36. The Hall–Kier alpha value is -0.0800. The summed E-state index contributed by atoms with van der Waals surface area (Å²) in [5.41, 5.74) is 0. The van der Waals surface area contributed by atoms with E-state index in [0.717, 1.165) is 12.5 Å². The fourth-order valence-corrected chi connectivity index (χ4v) is 2.17. The highest BCUT2D eigenvalue weighted by molar-refractivity contribution is 4.79. The van der Waals surface area contributed by atoms with Crippen molar-refractivity contribution in [3.63, 3.8) is 0 Å². The van der Waals surface area contributed by atoms with E-state index in [1.54, 1.807) is 0 Å². The van der Waals surface area contributed by atoms with Crippen molar-refractivity contribution in [2.45, 2.75) is 46.1 Å². The molecule has 0 radical (unpaired) electrons. The van der Waals surface area contributed by atoms with Crippen molar-refractivity contribution in [1.29, 1.82) is 0 Å². The van der Waals surface area contributed by atoms with Crippen LogP contribution in [0.4, 0.5) is 0 Å². The van der Waals surface area contributed by atoms with Gasteiger partial charge in [-0.25, -0.2) is 0 Å². The van der Waals surface area contributed by atoms with Crippen molar-refractivity contribution < 1.29 is 5.11 Å². The molecular weight excluding hydrogens is 174 g/mol. The number of likely N-dealkylation sites (tertiary alicyclic amines) is 1. The summed E-state index contributed by atoms with van der Waals surface area (Å²) >= 11 is 0. The Balaban J connectivity index is 2.21. The highest BCUT2D eigenvalue weighted by atomic mass is 16.3. The van der Waals surface area contributed by atoms with E-state index in [9.17, 15) is 0 Å². The van der Waals surface area contributed by atoms with Crippen molar-refractivity contribution in [1.82, 2.24) is 4.90 Å². The average Bonchev–Trinajstić information content (AvgIpc) is 2.62. The molecule has 0 aliphatic carbocycles. The molecule has 0 aromatic rings. The van der Waals surface area contributed by atoms with Gasteiger partial charge in [0.2, 0.25) is 0 Å². The van der Waals surface area contributed by atoms with Crippen molar-refractivity contribution >= 4 is 0 Å². The first kappa shape index (κ1) is 12.0. The molecule has 0 bridgehead atoms. The third-order valence-corrected chi connectivity index (χ3v) is 3.36. The predicted molar refractivity (Wildman–Crippen MR) is 60.3 cm³/mol. The summed E-state index contributed by atoms with van der Waals surface area (Å²) in [7, 11) is 0. The summed E-state index contributed by atoms with van der Waals surface area (Å²) in [5, 5.41) is 9.06. The van der Waals surface area contributed by atoms with Gasteiger partial charge in [-0.1, -0.05) is 13.8 Å². The lowest BCUT2D eigenvalue weighted by atomic mass is 10.0. The average molecular weight is 199 g/mol. The molecule has 1 rings (SSSR count). The summed E-state index contributed by atoms with van der Waals surface area (Å²) in [6, 6.07) is 0.703. The lowest BCUT2D eigenvalue weighted by molar-refractivity contribution is 0.196. The van der Waals surface area contributed by atoms with Crippen LogP contribution in [0.1, 0.15) is 40.0 Å². The normalized spacial score (nSPS) is 25.9. The largest absolute Gasteiger partial charge is 0.396 e. The third kappa shape index (κ3) is 3.58. The fourth-order valence-electron chi connectivity index (χ4n) is 2.17. The quantitative estimate of drug-likeness (QED) is 0.733. The Labute approximate surface area is 88.3 Å². The van der Waals surface area contributed by atoms with Gasteiger partial charge in [-0.2, -0.15) is 0 Å². The molecule has 2 unspecified atom stereocenters. The van der Waals surface area contributed by atoms with E-state index in [1.165, 1.54) is 25.8 Å². The van der Waals surface area contributed by atoms with E-state index in [4.69, 9.17) is 5.11 Å². The van der Waals surface area contributed by atoms with E-state index in [-0.39, 0.29) is 0 Å². The standard InChI is InChI=1S/C12H25NO/c1-10(2)4-5-11(3)13-7-6-12(8-13)9-14/h10-12,14H,4-9H2,1-3H3. The van der Waals surface area contributed by atoms with Gasteiger partial charge in [-0.3, -0.25) is 0 Å². The fraction of sp³-hybridized carbons (Fsp3) is 1.00. The van der Waals surface area contributed by atoms with Crippen molar-refractivity contribution in [2.24, 2.45) is 11.8 Å². The first-order chi connectivity index (χ1) is 6.63. The molecule has 2 nitrogen and oxygen atoms in total. The van der Waals surface area contributed by atoms with Crippen LogP contribution in [0.15, 0.2) is 0 Å². The van der Waals surface area contributed by atoms with Crippen LogP contribution in [0.5, 0.6) is 0 Å². The first-order valence-electron chi connectivity index (χ1n) is 5.98. The second-order valence-electron chi connectivity index (χ2n) is 5.15. The summed E-state index contributed by atoms with van der Waals surface area (Å²) in [6.45, 7) is 9.55. The molecule has 1 saturated heterocycles. The Morgan fingerprint density at radius 1 is 1.29 bits per heavy atom. The van der Waals surface area contributed by atoms with E-state index >= 15 is 0 Å².